The van der Waals surface area contributed by atoms with E-state index in [0.29, 0.717) is 12.7 Å². The standard InChI is InChI=1S/C10H14N2O/c1-8-4-11-3-2-9(8)7-13-10-5-12-6-10/h2-4,10,12H,5-7H2,1H3. The van der Waals surface area contributed by atoms with E-state index < -0.39 is 0 Å². The Hall–Kier alpha value is -0.930. The molecular weight excluding hydrogens is 164 g/mol. The van der Waals surface area contributed by atoms with Gasteiger partial charge in [-0.2, -0.15) is 0 Å². The Kier molecular flexibility index (Phi) is 2.57. The average molecular weight is 178 g/mol. The van der Waals surface area contributed by atoms with Crippen LogP contribution in [0.15, 0.2) is 18.5 Å². The Labute approximate surface area is 78.1 Å². The van der Waals surface area contributed by atoms with Crippen molar-refractivity contribution in [2.24, 2.45) is 0 Å². The molecule has 70 valence electrons. The zero-order valence-electron chi connectivity index (χ0n) is 7.79. The molecule has 1 aliphatic rings. The predicted octanol–water partition coefficient (Wildman–Crippen LogP) is 0.878. The van der Waals surface area contributed by atoms with Gasteiger partial charge in [0.1, 0.15) is 0 Å². The number of aromatic nitrogens is 1. The molecule has 2 heterocycles. The first-order valence-electron chi connectivity index (χ1n) is 4.58. The van der Waals surface area contributed by atoms with E-state index >= 15 is 0 Å². The second-order valence-corrected chi connectivity index (χ2v) is 3.39. The van der Waals surface area contributed by atoms with Crippen molar-refractivity contribution < 1.29 is 4.74 Å². The maximum atomic E-state index is 5.65. The first-order valence-corrected chi connectivity index (χ1v) is 4.58. The van der Waals surface area contributed by atoms with Crippen LogP contribution in [0.1, 0.15) is 11.1 Å². The number of nitrogens with one attached hydrogen (secondary N) is 1. The summed E-state index contributed by atoms with van der Waals surface area (Å²) >= 11 is 0. The molecule has 0 radical (unpaired) electrons. The van der Waals surface area contributed by atoms with E-state index in [0.717, 1.165) is 13.1 Å². The first kappa shape index (κ1) is 8.66. The lowest BCUT2D eigenvalue weighted by atomic mass is 10.1. The Bertz CT molecular complexity index is 284. The highest BCUT2D eigenvalue weighted by atomic mass is 16.5. The molecule has 3 nitrogen and oxygen atoms in total. The highest BCUT2D eigenvalue weighted by Gasteiger charge is 2.16. The summed E-state index contributed by atoms with van der Waals surface area (Å²) in [6, 6.07) is 2.02. The van der Waals surface area contributed by atoms with Crippen LogP contribution in [0.5, 0.6) is 0 Å². The molecule has 0 bridgehead atoms. The van der Waals surface area contributed by atoms with Crippen LogP contribution in [-0.2, 0) is 11.3 Å². The molecule has 0 unspecified atom stereocenters. The second-order valence-electron chi connectivity index (χ2n) is 3.39. The van der Waals surface area contributed by atoms with Crippen molar-refractivity contribution in [3.05, 3.63) is 29.6 Å². The lowest BCUT2D eigenvalue weighted by Gasteiger charge is -2.27. The normalized spacial score (nSPS) is 17.0. The van der Waals surface area contributed by atoms with Crippen LogP contribution in [0, 0.1) is 6.92 Å². The van der Waals surface area contributed by atoms with Crippen molar-refractivity contribution in [3.8, 4) is 0 Å². The molecular formula is C10H14N2O. The summed E-state index contributed by atoms with van der Waals surface area (Å²) in [5.41, 5.74) is 2.44. The smallest absolute Gasteiger partial charge is 0.0828 e. The van der Waals surface area contributed by atoms with Crippen LogP contribution in [0.3, 0.4) is 0 Å². The van der Waals surface area contributed by atoms with Crippen LogP contribution in [0.4, 0.5) is 0 Å². The third kappa shape index (κ3) is 2.05. The molecule has 13 heavy (non-hydrogen) atoms. The number of hydrogen-bond acceptors (Lipinski definition) is 3. The number of pyridine rings is 1. The van der Waals surface area contributed by atoms with Crippen LogP contribution in [0.25, 0.3) is 0 Å². The molecule has 0 amide bonds. The monoisotopic (exact) mass is 178 g/mol. The Balaban J connectivity index is 1.89. The van der Waals surface area contributed by atoms with E-state index in [4.69, 9.17) is 4.74 Å². The van der Waals surface area contributed by atoms with Gasteiger partial charge in [-0.1, -0.05) is 0 Å². The molecule has 1 aromatic heterocycles. The number of nitrogens with zero attached hydrogens (tertiary/aromatic N) is 1. The average Bonchev–Trinajstić information content (AvgIpc) is 2.05. The van der Waals surface area contributed by atoms with E-state index in [2.05, 4.69) is 17.2 Å². The van der Waals surface area contributed by atoms with Gasteiger partial charge in [-0.15, -0.1) is 0 Å². The molecule has 0 atom stereocenters. The third-order valence-corrected chi connectivity index (χ3v) is 2.36. The summed E-state index contributed by atoms with van der Waals surface area (Å²) in [4.78, 5) is 4.04. The number of aryl methyl sites for hydroxylation is 1. The quantitative estimate of drug-likeness (QED) is 0.746. The van der Waals surface area contributed by atoms with Crippen molar-refractivity contribution in [3.63, 3.8) is 0 Å². The maximum Gasteiger partial charge on any atom is 0.0828 e. The minimum atomic E-state index is 0.410. The molecule has 0 saturated carbocycles. The molecule has 1 fully saturated rings. The number of rotatable bonds is 3. The molecule has 0 spiro atoms. The fraction of sp³-hybridized carbons (Fsp3) is 0.500. The molecule has 2 rings (SSSR count). The fourth-order valence-electron chi connectivity index (χ4n) is 1.25. The highest BCUT2D eigenvalue weighted by Crippen LogP contribution is 2.09. The third-order valence-electron chi connectivity index (χ3n) is 2.36. The van der Waals surface area contributed by atoms with Crippen molar-refractivity contribution in [2.75, 3.05) is 13.1 Å². The van der Waals surface area contributed by atoms with Gasteiger partial charge in [0.05, 0.1) is 12.7 Å². The molecule has 1 aliphatic heterocycles. The van der Waals surface area contributed by atoms with Gasteiger partial charge in [-0.05, 0) is 24.1 Å². The predicted molar refractivity (Wildman–Crippen MR) is 50.4 cm³/mol. The lowest BCUT2D eigenvalue weighted by molar-refractivity contribution is 0.00734. The molecule has 1 aromatic rings. The summed E-state index contributed by atoms with van der Waals surface area (Å²) in [6.45, 7) is 4.75. The lowest BCUT2D eigenvalue weighted by Crippen LogP contribution is -2.48. The second kappa shape index (κ2) is 3.85. The first-order chi connectivity index (χ1) is 6.36. The summed E-state index contributed by atoms with van der Waals surface area (Å²) < 4.78 is 5.65. The zero-order valence-corrected chi connectivity index (χ0v) is 7.79. The van der Waals surface area contributed by atoms with E-state index in [9.17, 15) is 0 Å². The summed E-state index contributed by atoms with van der Waals surface area (Å²) in [5, 5.41) is 3.17. The molecule has 0 aliphatic carbocycles. The summed E-state index contributed by atoms with van der Waals surface area (Å²) in [6.07, 6.45) is 4.09. The Morgan fingerprint density at radius 3 is 3.08 bits per heavy atom. The Morgan fingerprint density at radius 1 is 1.62 bits per heavy atom. The maximum absolute atomic E-state index is 5.65. The van der Waals surface area contributed by atoms with E-state index in [1.165, 1.54) is 11.1 Å². The van der Waals surface area contributed by atoms with Gasteiger partial charge in [0.15, 0.2) is 0 Å². The van der Waals surface area contributed by atoms with Crippen LogP contribution in [-0.4, -0.2) is 24.2 Å². The molecule has 1 saturated heterocycles. The minimum Gasteiger partial charge on any atom is -0.371 e. The van der Waals surface area contributed by atoms with Gasteiger partial charge in [-0.3, -0.25) is 4.98 Å². The fourth-order valence-corrected chi connectivity index (χ4v) is 1.25. The molecule has 3 heteroatoms. The van der Waals surface area contributed by atoms with E-state index in [1.807, 2.05) is 18.5 Å². The van der Waals surface area contributed by atoms with Crippen LogP contribution >= 0.6 is 0 Å². The summed E-state index contributed by atoms with van der Waals surface area (Å²) in [5.74, 6) is 0. The van der Waals surface area contributed by atoms with Gasteiger partial charge in [0.2, 0.25) is 0 Å². The van der Waals surface area contributed by atoms with E-state index in [-0.39, 0.29) is 0 Å². The van der Waals surface area contributed by atoms with Gasteiger partial charge < -0.3 is 10.1 Å². The van der Waals surface area contributed by atoms with E-state index in [1.54, 1.807) is 0 Å². The van der Waals surface area contributed by atoms with Crippen molar-refractivity contribution in [1.82, 2.24) is 10.3 Å². The van der Waals surface area contributed by atoms with Crippen molar-refractivity contribution in [1.29, 1.82) is 0 Å². The van der Waals surface area contributed by atoms with Gasteiger partial charge in [-0.25, -0.2) is 0 Å². The zero-order chi connectivity index (χ0) is 9.10. The van der Waals surface area contributed by atoms with Crippen LogP contribution in [0.2, 0.25) is 0 Å². The van der Waals surface area contributed by atoms with Gasteiger partial charge in [0, 0.05) is 25.5 Å². The van der Waals surface area contributed by atoms with Gasteiger partial charge in [0.25, 0.3) is 0 Å². The van der Waals surface area contributed by atoms with Crippen molar-refractivity contribution in [2.45, 2.75) is 19.6 Å². The van der Waals surface area contributed by atoms with Gasteiger partial charge >= 0.3 is 0 Å². The number of hydrogen-bond donors (Lipinski definition) is 1. The highest BCUT2D eigenvalue weighted by molar-refractivity contribution is 5.20. The minimum absolute atomic E-state index is 0.410. The molecule has 0 aromatic carbocycles. The number of ether oxygens (including phenoxy) is 1. The largest absolute Gasteiger partial charge is 0.371 e. The summed E-state index contributed by atoms with van der Waals surface area (Å²) in [7, 11) is 0. The van der Waals surface area contributed by atoms with Crippen LogP contribution < -0.4 is 5.32 Å². The Morgan fingerprint density at radius 2 is 2.46 bits per heavy atom. The molecule has 1 N–H and O–H groups in total. The SMILES string of the molecule is Cc1cnccc1COC1CNC1. The van der Waals surface area contributed by atoms with Crippen molar-refractivity contribution >= 4 is 0 Å². The topological polar surface area (TPSA) is 34.1 Å².